The molecule has 1 N–H and O–H groups in total. The van der Waals surface area contributed by atoms with E-state index in [1.807, 2.05) is 30.3 Å². The highest BCUT2D eigenvalue weighted by Gasteiger charge is 2.05. The van der Waals surface area contributed by atoms with Gasteiger partial charge in [0.2, 0.25) is 0 Å². The van der Waals surface area contributed by atoms with Crippen LogP contribution in [0.3, 0.4) is 0 Å². The standard InChI is InChI=1S/C16H19N3/c1-2-3-4-7-10-18-16-14(12-17)11-13-8-5-6-9-15(13)19-16/h5-6,8-9,11H,2-4,7,10H2,1H3,(H,18,19). The van der Waals surface area contributed by atoms with Crippen LogP contribution in [-0.4, -0.2) is 11.5 Å². The average molecular weight is 253 g/mol. The van der Waals surface area contributed by atoms with Crippen molar-refractivity contribution >= 4 is 16.7 Å². The van der Waals surface area contributed by atoms with E-state index in [-0.39, 0.29) is 0 Å². The molecular weight excluding hydrogens is 234 g/mol. The van der Waals surface area contributed by atoms with Gasteiger partial charge in [0, 0.05) is 11.9 Å². The summed E-state index contributed by atoms with van der Waals surface area (Å²) in [7, 11) is 0. The molecule has 0 aliphatic carbocycles. The molecule has 0 saturated carbocycles. The Morgan fingerprint density at radius 2 is 2.05 bits per heavy atom. The Morgan fingerprint density at radius 1 is 1.21 bits per heavy atom. The molecule has 1 heterocycles. The van der Waals surface area contributed by atoms with Crippen LogP contribution in [0.1, 0.15) is 38.2 Å². The molecule has 2 rings (SSSR count). The molecule has 0 aliphatic heterocycles. The normalized spacial score (nSPS) is 10.3. The van der Waals surface area contributed by atoms with Gasteiger partial charge < -0.3 is 5.32 Å². The van der Waals surface area contributed by atoms with Crippen molar-refractivity contribution < 1.29 is 0 Å². The van der Waals surface area contributed by atoms with E-state index in [1.54, 1.807) is 0 Å². The van der Waals surface area contributed by atoms with Gasteiger partial charge in [0.1, 0.15) is 11.9 Å². The van der Waals surface area contributed by atoms with Gasteiger partial charge in [-0.3, -0.25) is 0 Å². The molecule has 1 aromatic heterocycles. The minimum Gasteiger partial charge on any atom is -0.369 e. The smallest absolute Gasteiger partial charge is 0.144 e. The van der Waals surface area contributed by atoms with Crippen LogP contribution < -0.4 is 5.32 Å². The number of nitrogens with one attached hydrogen (secondary N) is 1. The van der Waals surface area contributed by atoms with E-state index in [9.17, 15) is 5.26 Å². The predicted molar refractivity (Wildman–Crippen MR) is 79.1 cm³/mol. The van der Waals surface area contributed by atoms with Crippen molar-refractivity contribution in [3.63, 3.8) is 0 Å². The highest BCUT2D eigenvalue weighted by Crippen LogP contribution is 2.19. The molecule has 19 heavy (non-hydrogen) atoms. The summed E-state index contributed by atoms with van der Waals surface area (Å²) in [6.07, 6.45) is 4.84. The van der Waals surface area contributed by atoms with Gasteiger partial charge in [-0.25, -0.2) is 4.98 Å². The Bertz CT molecular complexity index is 584. The Hall–Kier alpha value is -2.08. The van der Waals surface area contributed by atoms with Crippen molar-refractivity contribution in [2.45, 2.75) is 32.6 Å². The van der Waals surface area contributed by atoms with Crippen molar-refractivity contribution in [3.05, 3.63) is 35.9 Å². The first kappa shape index (κ1) is 13.4. The topological polar surface area (TPSA) is 48.7 Å². The van der Waals surface area contributed by atoms with Crippen LogP contribution in [0, 0.1) is 11.3 Å². The second-order valence-electron chi connectivity index (χ2n) is 4.68. The summed E-state index contributed by atoms with van der Waals surface area (Å²) in [6.45, 7) is 3.08. The fraction of sp³-hybridized carbons (Fsp3) is 0.375. The fourth-order valence-corrected chi connectivity index (χ4v) is 2.09. The van der Waals surface area contributed by atoms with E-state index in [4.69, 9.17) is 0 Å². The van der Waals surface area contributed by atoms with Gasteiger partial charge in [0.05, 0.1) is 11.1 Å². The molecule has 3 heteroatoms. The number of fused-ring (bicyclic) bond motifs is 1. The highest BCUT2D eigenvalue weighted by atomic mass is 15.0. The third-order valence-corrected chi connectivity index (χ3v) is 3.17. The van der Waals surface area contributed by atoms with E-state index in [0.29, 0.717) is 11.4 Å². The van der Waals surface area contributed by atoms with E-state index in [0.717, 1.165) is 23.9 Å². The zero-order valence-electron chi connectivity index (χ0n) is 11.3. The number of para-hydroxylation sites is 1. The van der Waals surface area contributed by atoms with Gasteiger partial charge in [-0.2, -0.15) is 5.26 Å². The molecule has 0 saturated heterocycles. The van der Waals surface area contributed by atoms with Crippen LogP contribution >= 0.6 is 0 Å². The van der Waals surface area contributed by atoms with Crippen LogP contribution in [0.5, 0.6) is 0 Å². The molecule has 0 atom stereocenters. The quantitative estimate of drug-likeness (QED) is 0.788. The van der Waals surface area contributed by atoms with E-state index in [2.05, 4.69) is 23.3 Å². The first-order valence-electron chi connectivity index (χ1n) is 6.89. The summed E-state index contributed by atoms with van der Waals surface area (Å²) in [5.74, 6) is 0.706. The van der Waals surface area contributed by atoms with E-state index < -0.39 is 0 Å². The molecule has 0 fully saturated rings. The van der Waals surface area contributed by atoms with Crippen LogP contribution in [-0.2, 0) is 0 Å². The summed E-state index contributed by atoms with van der Waals surface area (Å²) in [4.78, 5) is 4.53. The third kappa shape index (κ3) is 3.45. The van der Waals surface area contributed by atoms with Gasteiger partial charge in [-0.05, 0) is 18.6 Å². The number of unbranched alkanes of at least 4 members (excludes halogenated alkanes) is 3. The first-order chi connectivity index (χ1) is 9.35. The number of aromatic nitrogens is 1. The second kappa shape index (κ2) is 6.75. The van der Waals surface area contributed by atoms with E-state index in [1.165, 1.54) is 19.3 Å². The zero-order chi connectivity index (χ0) is 13.5. The lowest BCUT2D eigenvalue weighted by atomic mass is 10.1. The number of nitrogens with zero attached hydrogens (tertiary/aromatic N) is 2. The number of hydrogen-bond acceptors (Lipinski definition) is 3. The molecule has 2 aromatic rings. The number of rotatable bonds is 6. The molecule has 0 aliphatic rings. The molecule has 1 aromatic carbocycles. The molecular formula is C16H19N3. The molecule has 0 spiro atoms. The molecule has 0 bridgehead atoms. The Balaban J connectivity index is 2.10. The van der Waals surface area contributed by atoms with Gasteiger partial charge >= 0.3 is 0 Å². The lowest BCUT2D eigenvalue weighted by molar-refractivity contribution is 0.684. The fourth-order valence-electron chi connectivity index (χ4n) is 2.09. The molecule has 0 unspecified atom stereocenters. The number of nitriles is 1. The minimum absolute atomic E-state index is 0.620. The van der Waals surface area contributed by atoms with Crippen molar-refractivity contribution in [2.75, 3.05) is 11.9 Å². The number of pyridine rings is 1. The van der Waals surface area contributed by atoms with Crippen LogP contribution in [0.15, 0.2) is 30.3 Å². The summed E-state index contributed by atoms with van der Waals surface area (Å²) in [6, 6.07) is 12.0. The maximum Gasteiger partial charge on any atom is 0.144 e. The summed E-state index contributed by atoms with van der Waals surface area (Å²) in [5, 5.41) is 13.5. The SMILES string of the molecule is CCCCCCNc1nc2ccccc2cc1C#N. The third-order valence-electron chi connectivity index (χ3n) is 3.17. The second-order valence-corrected chi connectivity index (χ2v) is 4.68. The molecule has 0 amide bonds. The van der Waals surface area contributed by atoms with E-state index >= 15 is 0 Å². The summed E-state index contributed by atoms with van der Waals surface area (Å²) >= 11 is 0. The van der Waals surface area contributed by atoms with Crippen molar-refractivity contribution in [2.24, 2.45) is 0 Å². The lowest BCUT2D eigenvalue weighted by Gasteiger charge is -2.08. The monoisotopic (exact) mass is 253 g/mol. The molecule has 0 radical (unpaired) electrons. The van der Waals surface area contributed by atoms with Crippen LogP contribution in [0.4, 0.5) is 5.82 Å². The van der Waals surface area contributed by atoms with Gasteiger partial charge in [-0.1, -0.05) is 44.4 Å². The average Bonchev–Trinajstić information content (AvgIpc) is 2.46. The largest absolute Gasteiger partial charge is 0.369 e. The van der Waals surface area contributed by atoms with Gasteiger partial charge in [0.15, 0.2) is 0 Å². The maximum atomic E-state index is 9.19. The number of hydrogen-bond donors (Lipinski definition) is 1. The summed E-state index contributed by atoms with van der Waals surface area (Å²) in [5.41, 5.74) is 1.55. The number of anilines is 1. The Labute approximate surface area is 114 Å². The maximum absolute atomic E-state index is 9.19. The first-order valence-corrected chi connectivity index (χ1v) is 6.89. The van der Waals surface area contributed by atoms with Crippen molar-refractivity contribution in [3.8, 4) is 6.07 Å². The van der Waals surface area contributed by atoms with Crippen molar-refractivity contribution in [1.29, 1.82) is 5.26 Å². The Morgan fingerprint density at radius 3 is 2.84 bits per heavy atom. The van der Waals surface area contributed by atoms with Gasteiger partial charge in [-0.15, -0.1) is 0 Å². The lowest BCUT2D eigenvalue weighted by Crippen LogP contribution is -2.05. The molecule has 3 nitrogen and oxygen atoms in total. The van der Waals surface area contributed by atoms with Gasteiger partial charge in [0.25, 0.3) is 0 Å². The number of benzene rings is 1. The van der Waals surface area contributed by atoms with Crippen LogP contribution in [0.25, 0.3) is 10.9 Å². The highest BCUT2D eigenvalue weighted by molar-refractivity contribution is 5.82. The Kier molecular flexibility index (Phi) is 4.74. The van der Waals surface area contributed by atoms with Crippen molar-refractivity contribution in [1.82, 2.24) is 4.98 Å². The summed E-state index contributed by atoms with van der Waals surface area (Å²) < 4.78 is 0. The zero-order valence-corrected chi connectivity index (χ0v) is 11.3. The predicted octanol–water partition coefficient (Wildman–Crippen LogP) is 4.10. The molecule has 98 valence electrons. The minimum atomic E-state index is 0.620. The van der Waals surface area contributed by atoms with Crippen LogP contribution in [0.2, 0.25) is 0 Å².